The highest BCUT2D eigenvalue weighted by molar-refractivity contribution is 7.88. The second-order valence-electron chi connectivity index (χ2n) is 7.38. The van der Waals surface area contributed by atoms with Crippen molar-refractivity contribution in [3.8, 4) is 0 Å². The van der Waals surface area contributed by atoms with Gasteiger partial charge >= 0.3 is 0 Å². The highest BCUT2D eigenvalue weighted by Crippen LogP contribution is 2.32. The van der Waals surface area contributed by atoms with Gasteiger partial charge in [0.15, 0.2) is 0 Å². The van der Waals surface area contributed by atoms with E-state index < -0.39 is 10.0 Å². The smallest absolute Gasteiger partial charge is 0.224 e. The van der Waals surface area contributed by atoms with E-state index in [-0.39, 0.29) is 17.9 Å². The van der Waals surface area contributed by atoms with Gasteiger partial charge in [-0.05, 0) is 31.4 Å². The molecule has 1 saturated heterocycles. The van der Waals surface area contributed by atoms with Crippen LogP contribution in [0.1, 0.15) is 31.2 Å². The van der Waals surface area contributed by atoms with Crippen molar-refractivity contribution in [2.75, 3.05) is 32.4 Å². The quantitative estimate of drug-likeness (QED) is 0.863. The van der Waals surface area contributed by atoms with Gasteiger partial charge in [-0.2, -0.15) is 4.31 Å². The molecule has 1 aromatic carbocycles. The summed E-state index contributed by atoms with van der Waals surface area (Å²) in [6, 6.07) is 10.0. The normalized spacial score (nSPS) is 26.7. The Morgan fingerprint density at radius 2 is 1.85 bits per heavy atom. The molecule has 3 rings (SSSR count). The number of nitrogens with one attached hydrogen (secondary N) is 1. The summed E-state index contributed by atoms with van der Waals surface area (Å²) in [6.45, 7) is 3.49. The summed E-state index contributed by atoms with van der Waals surface area (Å²) in [5.41, 5.74) is 1.23. The summed E-state index contributed by atoms with van der Waals surface area (Å²) in [4.78, 5) is 14.9. The third-order valence-electron chi connectivity index (χ3n) is 5.44. The van der Waals surface area contributed by atoms with E-state index in [1.165, 1.54) is 11.8 Å². The molecule has 1 heterocycles. The van der Waals surface area contributed by atoms with E-state index in [2.05, 4.69) is 22.3 Å². The Morgan fingerprint density at radius 3 is 2.58 bits per heavy atom. The van der Waals surface area contributed by atoms with E-state index in [0.717, 1.165) is 45.3 Å². The van der Waals surface area contributed by atoms with Crippen LogP contribution in [0.4, 0.5) is 0 Å². The van der Waals surface area contributed by atoms with Crippen molar-refractivity contribution in [2.45, 2.75) is 38.3 Å². The Kier molecular flexibility index (Phi) is 6.32. The minimum atomic E-state index is -3.32. The number of hydrogen-bond acceptors (Lipinski definition) is 4. The summed E-state index contributed by atoms with van der Waals surface area (Å²) in [5, 5.41) is 3.04. The van der Waals surface area contributed by atoms with Crippen LogP contribution in [0.15, 0.2) is 30.3 Å². The van der Waals surface area contributed by atoms with Crippen LogP contribution in [0.5, 0.6) is 0 Å². The number of sulfonamides is 1. The van der Waals surface area contributed by atoms with Crippen LogP contribution < -0.4 is 5.32 Å². The number of nitrogens with zero attached hydrogens (tertiary/aromatic N) is 2. The van der Waals surface area contributed by atoms with Crippen LogP contribution in [0.25, 0.3) is 0 Å². The molecule has 1 aromatic rings. The third-order valence-corrected chi connectivity index (χ3v) is 6.75. The fraction of sp³-hybridized carbons (Fsp3) is 0.632. The predicted octanol–water partition coefficient (Wildman–Crippen LogP) is 1.44. The van der Waals surface area contributed by atoms with Crippen molar-refractivity contribution in [1.29, 1.82) is 0 Å². The van der Waals surface area contributed by atoms with E-state index in [0.29, 0.717) is 13.1 Å². The largest absolute Gasteiger partial charge is 0.355 e. The summed E-state index contributed by atoms with van der Waals surface area (Å²) in [6.07, 6.45) is 4.50. The number of amides is 1. The van der Waals surface area contributed by atoms with Gasteiger partial charge in [-0.3, -0.25) is 9.69 Å². The van der Waals surface area contributed by atoms with Crippen molar-refractivity contribution in [3.05, 3.63) is 35.9 Å². The van der Waals surface area contributed by atoms with Crippen LogP contribution in [-0.4, -0.2) is 62.0 Å². The molecule has 1 aliphatic carbocycles. The first-order valence-corrected chi connectivity index (χ1v) is 11.3. The topological polar surface area (TPSA) is 69.7 Å². The second-order valence-corrected chi connectivity index (χ2v) is 9.32. The first-order chi connectivity index (χ1) is 12.4. The van der Waals surface area contributed by atoms with Gasteiger partial charge in [-0.1, -0.05) is 36.8 Å². The van der Waals surface area contributed by atoms with Crippen LogP contribution in [0.2, 0.25) is 0 Å². The minimum Gasteiger partial charge on any atom is -0.355 e. The maximum atomic E-state index is 12.6. The van der Waals surface area contributed by atoms with Crippen LogP contribution in [0, 0.1) is 5.92 Å². The fourth-order valence-corrected chi connectivity index (χ4v) is 5.40. The van der Waals surface area contributed by atoms with E-state index in [1.54, 1.807) is 4.31 Å². The number of hydrogen-bond donors (Lipinski definition) is 1. The average molecular weight is 380 g/mol. The Bertz CT molecular complexity index is 708. The molecular weight excluding hydrogens is 350 g/mol. The molecule has 1 amide bonds. The summed E-state index contributed by atoms with van der Waals surface area (Å²) < 4.78 is 26.3. The molecule has 1 N–H and O–H groups in total. The summed E-state index contributed by atoms with van der Waals surface area (Å²) >= 11 is 0. The molecule has 0 bridgehead atoms. The number of rotatable bonds is 3. The minimum absolute atomic E-state index is 0.00251. The zero-order valence-corrected chi connectivity index (χ0v) is 16.2. The molecule has 2 atom stereocenters. The molecule has 6 nitrogen and oxygen atoms in total. The standard InChI is InChI=1S/C19H29N3O3S/c1-26(24,25)22-13-6-12-21(15-16-7-3-2-4-8-16)14-11-20-19(23)17-9-5-10-18(17)22/h2-4,7-8,17-18H,5-6,9-15H2,1H3,(H,20,23)/t17-,18+/m1/s1. The molecule has 26 heavy (non-hydrogen) atoms. The molecule has 0 spiro atoms. The lowest BCUT2D eigenvalue weighted by molar-refractivity contribution is -0.125. The molecular formula is C19H29N3O3S. The number of benzene rings is 1. The van der Waals surface area contributed by atoms with E-state index in [9.17, 15) is 13.2 Å². The van der Waals surface area contributed by atoms with Crippen LogP contribution >= 0.6 is 0 Å². The van der Waals surface area contributed by atoms with Gasteiger partial charge in [0.2, 0.25) is 15.9 Å². The van der Waals surface area contributed by atoms with Crippen molar-refractivity contribution in [2.24, 2.45) is 5.92 Å². The highest BCUT2D eigenvalue weighted by Gasteiger charge is 2.40. The van der Waals surface area contributed by atoms with Crippen molar-refractivity contribution in [3.63, 3.8) is 0 Å². The lowest BCUT2D eigenvalue weighted by Gasteiger charge is -2.30. The molecule has 144 valence electrons. The van der Waals surface area contributed by atoms with Gasteiger partial charge in [0.25, 0.3) is 0 Å². The average Bonchev–Trinajstić information content (AvgIpc) is 3.06. The summed E-state index contributed by atoms with van der Waals surface area (Å²) in [7, 11) is -3.32. The van der Waals surface area contributed by atoms with Gasteiger partial charge in [-0.25, -0.2) is 8.42 Å². The zero-order chi connectivity index (χ0) is 18.6. The van der Waals surface area contributed by atoms with Gasteiger partial charge in [0, 0.05) is 32.2 Å². The first-order valence-electron chi connectivity index (χ1n) is 9.46. The van der Waals surface area contributed by atoms with Crippen molar-refractivity contribution >= 4 is 15.9 Å². The highest BCUT2D eigenvalue weighted by atomic mass is 32.2. The van der Waals surface area contributed by atoms with E-state index in [1.807, 2.05) is 18.2 Å². The molecule has 1 saturated carbocycles. The van der Waals surface area contributed by atoms with Gasteiger partial charge in [-0.15, -0.1) is 0 Å². The van der Waals surface area contributed by atoms with E-state index >= 15 is 0 Å². The Labute approximate surface area is 156 Å². The van der Waals surface area contributed by atoms with Gasteiger partial charge < -0.3 is 5.32 Å². The lowest BCUT2D eigenvalue weighted by atomic mass is 10.0. The van der Waals surface area contributed by atoms with Crippen molar-refractivity contribution in [1.82, 2.24) is 14.5 Å². The van der Waals surface area contributed by atoms with E-state index in [4.69, 9.17) is 0 Å². The molecule has 1 aliphatic heterocycles. The van der Waals surface area contributed by atoms with Gasteiger partial charge in [0.1, 0.15) is 0 Å². The second kappa shape index (κ2) is 8.50. The Morgan fingerprint density at radius 1 is 1.08 bits per heavy atom. The maximum absolute atomic E-state index is 12.6. The number of fused-ring (bicyclic) bond motifs is 1. The Hall–Kier alpha value is -1.44. The molecule has 2 fully saturated rings. The van der Waals surface area contributed by atoms with Crippen LogP contribution in [-0.2, 0) is 21.4 Å². The molecule has 7 heteroatoms. The lowest BCUT2D eigenvalue weighted by Crippen LogP contribution is -2.47. The first kappa shape index (κ1) is 19.3. The predicted molar refractivity (Wildman–Crippen MR) is 102 cm³/mol. The van der Waals surface area contributed by atoms with Crippen LogP contribution in [0.3, 0.4) is 0 Å². The SMILES string of the molecule is CS(=O)(=O)N1CCCN(Cc2ccccc2)CCNC(=O)[C@@H]2CCC[C@@H]21. The molecule has 2 aliphatic rings. The van der Waals surface area contributed by atoms with Gasteiger partial charge in [0.05, 0.1) is 12.2 Å². The molecule has 0 aromatic heterocycles. The maximum Gasteiger partial charge on any atom is 0.224 e. The molecule has 0 radical (unpaired) electrons. The fourth-order valence-electron chi connectivity index (χ4n) is 4.20. The summed E-state index contributed by atoms with van der Waals surface area (Å²) in [5.74, 6) is -0.215. The number of carbonyl (C=O) groups excluding carboxylic acids is 1. The monoisotopic (exact) mass is 379 g/mol. The molecule has 0 unspecified atom stereocenters. The number of carbonyl (C=O) groups is 1. The Balaban J connectivity index is 1.74. The van der Waals surface area contributed by atoms with Crippen molar-refractivity contribution < 1.29 is 13.2 Å². The third kappa shape index (κ3) is 4.84. The zero-order valence-electron chi connectivity index (χ0n) is 15.4.